The molecule has 1 aliphatic rings. The molecule has 2 rings (SSSR count). The summed E-state index contributed by atoms with van der Waals surface area (Å²) in [6.45, 7) is 3.10. The minimum absolute atomic E-state index is 0.0134. The SMILES string of the molecule is CC1c2cc(O)c(O)cc2CCN1C. The van der Waals surface area contributed by atoms with Crippen LogP contribution < -0.4 is 0 Å². The van der Waals surface area contributed by atoms with Crippen LogP contribution in [-0.4, -0.2) is 28.7 Å². The van der Waals surface area contributed by atoms with Gasteiger partial charge in [-0.15, -0.1) is 0 Å². The van der Waals surface area contributed by atoms with Crippen molar-refractivity contribution in [3.05, 3.63) is 23.3 Å². The number of hydrogen-bond acceptors (Lipinski definition) is 3. The Morgan fingerprint density at radius 2 is 1.93 bits per heavy atom. The summed E-state index contributed by atoms with van der Waals surface area (Å²) in [5.74, 6) is -0.0357. The minimum Gasteiger partial charge on any atom is -0.504 e. The van der Waals surface area contributed by atoms with Crippen molar-refractivity contribution in [2.45, 2.75) is 19.4 Å². The Kier molecular flexibility index (Phi) is 2.11. The Hall–Kier alpha value is -1.22. The zero-order valence-electron chi connectivity index (χ0n) is 8.49. The molecule has 14 heavy (non-hydrogen) atoms. The van der Waals surface area contributed by atoms with Gasteiger partial charge in [-0.1, -0.05) is 0 Å². The van der Waals surface area contributed by atoms with Gasteiger partial charge in [-0.3, -0.25) is 4.90 Å². The van der Waals surface area contributed by atoms with Crippen molar-refractivity contribution in [1.29, 1.82) is 0 Å². The first-order valence-corrected chi connectivity index (χ1v) is 4.84. The average molecular weight is 193 g/mol. The largest absolute Gasteiger partial charge is 0.504 e. The summed E-state index contributed by atoms with van der Waals surface area (Å²) in [6.07, 6.45) is 0.935. The van der Waals surface area contributed by atoms with E-state index in [0.29, 0.717) is 6.04 Å². The summed E-state index contributed by atoms with van der Waals surface area (Å²) in [6, 6.07) is 3.66. The minimum atomic E-state index is -0.0223. The first kappa shape index (κ1) is 9.34. The second kappa shape index (κ2) is 3.17. The molecule has 76 valence electrons. The zero-order valence-corrected chi connectivity index (χ0v) is 8.49. The first-order valence-electron chi connectivity index (χ1n) is 4.84. The van der Waals surface area contributed by atoms with Gasteiger partial charge < -0.3 is 10.2 Å². The molecule has 0 saturated carbocycles. The van der Waals surface area contributed by atoms with Gasteiger partial charge in [0, 0.05) is 12.6 Å². The summed E-state index contributed by atoms with van der Waals surface area (Å²) in [5.41, 5.74) is 2.26. The quantitative estimate of drug-likeness (QED) is 0.616. The molecule has 3 nitrogen and oxygen atoms in total. The van der Waals surface area contributed by atoms with Gasteiger partial charge in [-0.25, -0.2) is 0 Å². The molecule has 0 spiro atoms. The highest BCUT2D eigenvalue weighted by atomic mass is 16.3. The summed E-state index contributed by atoms with van der Waals surface area (Å²) in [5, 5.41) is 18.8. The highest BCUT2D eigenvalue weighted by Gasteiger charge is 2.22. The number of nitrogens with zero attached hydrogens (tertiary/aromatic N) is 1. The number of aromatic hydroxyl groups is 2. The molecule has 0 fully saturated rings. The molecule has 1 atom stereocenters. The molecule has 0 aliphatic carbocycles. The summed E-state index contributed by atoms with van der Waals surface area (Å²) < 4.78 is 0. The molecule has 1 aliphatic heterocycles. The number of benzene rings is 1. The molecule has 1 unspecified atom stereocenters. The Bertz CT molecular complexity index is 363. The smallest absolute Gasteiger partial charge is 0.157 e. The molecule has 2 N–H and O–H groups in total. The van der Waals surface area contributed by atoms with E-state index in [2.05, 4.69) is 18.9 Å². The van der Waals surface area contributed by atoms with Crippen LogP contribution in [0.25, 0.3) is 0 Å². The second-order valence-corrected chi connectivity index (χ2v) is 3.95. The summed E-state index contributed by atoms with van der Waals surface area (Å²) >= 11 is 0. The third-order valence-corrected chi connectivity index (χ3v) is 3.08. The van der Waals surface area contributed by atoms with E-state index in [1.54, 1.807) is 12.1 Å². The lowest BCUT2D eigenvalue weighted by Crippen LogP contribution is -2.30. The number of phenols is 2. The average Bonchev–Trinajstić information content (AvgIpc) is 2.15. The number of phenolic OH excluding ortho intramolecular Hbond substituents is 2. The molecule has 0 bridgehead atoms. The van der Waals surface area contributed by atoms with E-state index in [0.717, 1.165) is 24.1 Å². The van der Waals surface area contributed by atoms with Crippen molar-refractivity contribution >= 4 is 0 Å². The molecular weight excluding hydrogens is 178 g/mol. The Morgan fingerprint density at radius 3 is 2.64 bits per heavy atom. The predicted molar refractivity (Wildman–Crippen MR) is 54.5 cm³/mol. The van der Waals surface area contributed by atoms with Gasteiger partial charge in [0.2, 0.25) is 0 Å². The third-order valence-electron chi connectivity index (χ3n) is 3.08. The summed E-state index contributed by atoms with van der Waals surface area (Å²) in [7, 11) is 2.07. The second-order valence-electron chi connectivity index (χ2n) is 3.95. The van der Waals surface area contributed by atoms with Gasteiger partial charge in [0.1, 0.15) is 0 Å². The van der Waals surface area contributed by atoms with E-state index >= 15 is 0 Å². The fraction of sp³-hybridized carbons (Fsp3) is 0.455. The van der Waals surface area contributed by atoms with E-state index in [1.165, 1.54) is 0 Å². The van der Waals surface area contributed by atoms with E-state index < -0.39 is 0 Å². The number of hydrogen-bond donors (Lipinski definition) is 2. The standard InChI is InChI=1S/C11H15NO2/c1-7-9-6-11(14)10(13)5-8(9)3-4-12(7)2/h5-7,13-14H,3-4H2,1-2H3. The van der Waals surface area contributed by atoms with Crippen LogP contribution >= 0.6 is 0 Å². The zero-order chi connectivity index (χ0) is 10.3. The van der Waals surface area contributed by atoms with Crippen LogP contribution in [0.3, 0.4) is 0 Å². The van der Waals surface area contributed by atoms with Gasteiger partial charge in [0.15, 0.2) is 11.5 Å². The third kappa shape index (κ3) is 1.34. The molecule has 1 aromatic carbocycles. The van der Waals surface area contributed by atoms with Crippen LogP contribution in [0.2, 0.25) is 0 Å². The van der Waals surface area contributed by atoms with Crippen molar-refractivity contribution in [3.63, 3.8) is 0 Å². The van der Waals surface area contributed by atoms with Crippen molar-refractivity contribution < 1.29 is 10.2 Å². The van der Waals surface area contributed by atoms with Gasteiger partial charge in [0.25, 0.3) is 0 Å². The Morgan fingerprint density at radius 1 is 1.29 bits per heavy atom. The monoisotopic (exact) mass is 193 g/mol. The van der Waals surface area contributed by atoms with Crippen molar-refractivity contribution in [2.24, 2.45) is 0 Å². The maximum atomic E-state index is 9.41. The molecule has 1 aromatic rings. The molecule has 0 saturated heterocycles. The molecule has 0 radical (unpaired) electrons. The van der Waals surface area contributed by atoms with Crippen LogP contribution in [0.15, 0.2) is 12.1 Å². The van der Waals surface area contributed by atoms with Crippen molar-refractivity contribution in [1.82, 2.24) is 4.90 Å². The molecule has 1 heterocycles. The predicted octanol–water partition coefficient (Wildman–Crippen LogP) is 1.65. The van der Waals surface area contributed by atoms with Crippen LogP contribution in [0.4, 0.5) is 0 Å². The van der Waals surface area contributed by atoms with Crippen LogP contribution in [-0.2, 0) is 6.42 Å². The highest BCUT2D eigenvalue weighted by Crippen LogP contribution is 2.35. The van der Waals surface area contributed by atoms with Gasteiger partial charge in [-0.05, 0) is 43.7 Å². The fourth-order valence-electron chi connectivity index (χ4n) is 1.97. The Labute approximate surface area is 83.6 Å². The highest BCUT2D eigenvalue weighted by molar-refractivity contribution is 5.47. The fourth-order valence-corrected chi connectivity index (χ4v) is 1.97. The van der Waals surface area contributed by atoms with Crippen LogP contribution in [0, 0.1) is 0 Å². The van der Waals surface area contributed by atoms with Crippen molar-refractivity contribution in [2.75, 3.05) is 13.6 Å². The number of fused-ring (bicyclic) bond motifs is 1. The number of rotatable bonds is 0. The maximum Gasteiger partial charge on any atom is 0.157 e. The lowest BCUT2D eigenvalue weighted by molar-refractivity contribution is 0.246. The Balaban J connectivity index is 2.50. The van der Waals surface area contributed by atoms with E-state index in [-0.39, 0.29) is 11.5 Å². The molecular formula is C11H15NO2. The lowest BCUT2D eigenvalue weighted by Gasteiger charge is -2.32. The van der Waals surface area contributed by atoms with E-state index in [1.807, 2.05) is 0 Å². The number of likely N-dealkylation sites (N-methyl/N-ethyl adjacent to an activating group) is 1. The van der Waals surface area contributed by atoms with Crippen molar-refractivity contribution in [3.8, 4) is 11.5 Å². The normalized spacial score (nSPS) is 22.0. The van der Waals surface area contributed by atoms with Gasteiger partial charge in [0.05, 0.1) is 0 Å². The maximum absolute atomic E-state index is 9.41. The lowest BCUT2D eigenvalue weighted by atomic mass is 9.93. The van der Waals surface area contributed by atoms with E-state index in [4.69, 9.17) is 0 Å². The topological polar surface area (TPSA) is 43.7 Å². The van der Waals surface area contributed by atoms with Gasteiger partial charge in [-0.2, -0.15) is 0 Å². The van der Waals surface area contributed by atoms with Crippen LogP contribution in [0.5, 0.6) is 11.5 Å². The molecule has 0 amide bonds. The molecule has 3 heteroatoms. The summed E-state index contributed by atoms with van der Waals surface area (Å²) in [4.78, 5) is 2.23. The van der Waals surface area contributed by atoms with E-state index in [9.17, 15) is 10.2 Å². The van der Waals surface area contributed by atoms with Crippen LogP contribution in [0.1, 0.15) is 24.1 Å². The molecule has 0 aromatic heterocycles. The first-order chi connectivity index (χ1) is 6.59. The van der Waals surface area contributed by atoms with Gasteiger partial charge >= 0.3 is 0 Å².